The van der Waals surface area contributed by atoms with Crippen LogP contribution in [-0.2, 0) is 0 Å². The van der Waals surface area contributed by atoms with Crippen LogP contribution in [0.5, 0.6) is 5.75 Å². The van der Waals surface area contributed by atoms with Crippen molar-refractivity contribution in [3.05, 3.63) is 42.0 Å². The first-order chi connectivity index (χ1) is 7.81. The summed E-state index contributed by atoms with van der Waals surface area (Å²) in [4.78, 5) is 15.6. The summed E-state index contributed by atoms with van der Waals surface area (Å²) in [5.41, 5.74) is 0.556. The van der Waals surface area contributed by atoms with Crippen LogP contribution in [-0.4, -0.2) is 27.6 Å². The average molecular weight is 217 g/mol. The van der Waals surface area contributed by atoms with Gasteiger partial charge in [0.25, 0.3) is 0 Å². The van der Waals surface area contributed by atoms with Crippen molar-refractivity contribution in [2.24, 2.45) is 0 Å². The van der Waals surface area contributed by atoms with Gasteiger partial charge in [0.15, 0.2) is 5.82 Å². The molecule has 2 aromatic rings. The van der Waals surface area contributed by atoms with Crippen molar-refractivity contribution in [3.8, 4) is 5.75 Å². The second-order valence-electron chi connectivity index (χ2n) is 3.12. The zero-order valence-electron chi connectivity index (χ0n) is 8.80. The highest BCUT2D eigenvalue weighted by Gasteiger charge is 2.11. The molecule has 0 saturated heterocycles. The average Bonchev–Trinajstić information content (AvgIpc) is 2.83. The number of carbonyl (C=O) groups is 1. The molecule has 1 N–H and O–H groups in total. The lowest BCUT2D eigenvalue weighted by atomic mass is 10.1. The summed E-state index contributed by atoms with van der Waals surface area (Å²) in [6.45, 7) is 2.52. The number of rotatable bonds is 4. The molecule has 1 heterocycles. The summed E-state index contributed by atoms with van der Waals surface area (Å²) in [6, 6.07) is 6.92. The summed E-state index contributed by atoms with van der Waals surface area (Å²) in [6.07, 6.45) is 1.31. The van der Waals surface area contributed by atoms with E-state index in [0.29, 0.717) is 12.2 Å². The van der Waals surface area contributed by atoms with Gasteiger partial charge in [0, 0.05) is 5.56 Å². The van der Waals surface area contributed by atoms with E-state index < -0.39 is 0 Å². The van der Waals surface area contributed by atoms with E-state index in [9.17, 15) is 4.79 Å². The molecule has 1 aromatic carbocycles. The van der Waals surface area contributed by atoms with Crippen LogP contribution < -0.4 is 4.74 Å². The normalized spacial score (nSPS) is 10.1. The fourth-order valence-corrected chi connectivity index (χ4v) is 1.32. The zero-order chi connectivity index (χ0) is 11.4. The van der Waals surface area contributed by atoms with Crippen molar-refractivity contribution in [2.45, 2.75) is 6.92 Å². The lowest BCUT2D eigenvalue weighted by Crippen LogP contribution is -2.03. The van der Waals surface area contributed by atoms with Crippen molar-refractivity contribution >= 4 is 5.78 Å². The van der Waals surface area contributed by atoms with E-state index in [0.717, 1.165) is 5.75 Å². The first-order valence-electron chi connectivity index (χ1n) is 4.94. The molecule has 0 atom stereocenters. The predicted octanol–water partition coefficient (Wildman–Crippen LogP) is 1.43. The minimum absolute atomic E-state index is 0.180. The molecule has 0 aliphatic carbocycles. The fourth-order valence-electron chi connectivity index (χ4n) is 1.32. The van der Waals surface area contributed by atoms with E-state index in [1.807, 2.05) is 6.92 Å². The number of aromatic amines is 1. The number of nitrogens with zero attached hydrogens (tertiary/aromatic N) is 2. The Labute approximate surface area is 92.5 Å². The number of hydrogen-bond acceptors (Lipinski definition) is 4. The number of ether oxygens (including phenoxy) is 1. The van der Waals surface area contributed by atoms with Crippen LogP contribution in [0.4, 0.5) is 0 Å². The van der Waals surface area contributed by atoms with Crippen LogP contribution in [0, 0.1) is 0 Å². The molecule has 0 amide bonds. The topological polar surface area (TPSA) is 67.9 Å². The van der Waals surface area contributed by atoms with Gasteiger partial charge in [-0.1, -0.05) is 0 Å². The molecule has 0 radical (unpaired) electrons. The highest BCUT2D eigenvalue weighted by atomic mass is 16.5. The number of nitrogens with one attached hydrogen (secondary N) is 1. The van der Waals surface area contributed by atoms with Crippen LogP contribution in [0.15, 0.2) is 30.6 Å². The second kappa shape index (κ2) is 4.57. The molecule has 0 saturated carbocycles. The van der Waals surface area contributed by atoms with Gasteiger partial charge in [-0.2, -0.15) is 5.10 Å². The number of ketones is 1. The highest BCUT2D eigenvalue weighted by molar-refractivity contribution is 6.06. The first-order valence-corrected chi connectivity index (χ1v) is 4.94. The van der Waals surface area contributed by atoms with Gasteiger partial charge in [0.2, 0.25) is 5.78 Å². The Morgan fingerprint density at radius 2 is 2.12 bits per heavy atom. The zero-order valence-corrected chi connectivity index (χ0v) is 8.80. The van der Waals surface area contributed by atoms with Gasteiger partial charge in [0.05, 0.1) is 6.61 Å². The molecule has 0 spiro atoms. The summed E-state index contributed by atoms with van der Waals surface area (Å²) in [5.74, 6) is 0.807. The summed E-state index contributed by atoms with van der Waals surface area (Å²) >= 11 is 0. The molecule has 2 rings (SSSR count). The SMILES string of the molecule is CCOc1ccc(C(=O)c2ncn[nH]2)cc1. The Kier molecular flexibility index (Phi) is 2.95. The van der Waals surface area contributed by atoms with E-state index in [-0.39, 0.29) is 11.6 Å². The molecule has 82 valence electrons. The van der Waals surface area contributed by atoms with Gasteiger partial charge in [-0.3, -0.25) is 9.89 Å². The minimum atomic E-state index is -0.180. The van der Waals surface area contributed by atoms with E-state index in [4.69, 9.17) is 4.74 Å². The lowest BCUT2D eigenvalue weighted by Gasteiger charge is -2.03. The molecular formula is C11H11N3O2. The van der Waals surface area contributed by atoms with Crippen molar-refractivity contribution in [3.63, 3.8) is 0 Å². The van der Waals surface area contributed by atoms with Gasteiger partial charge < -0.3 is 4.74 Å². The van der Waals surface area contributed by atoms with Crippen molar-refractivity contribution in [1.82, 2.24) is 15.2 Å². The van der Waals surface area contributed by atoms with E-state index in [2.05, 4.69) is 15.2 Å². The first kappa shape index (κ1) is 10.4. The number of hydrogen-bond donors (Lipinski definition) is 1. The Hall–Kier alpha value is -2.17. The molecule has 5 heteroatoms. The third-order valence-electron chi connectivity index (χ3n) is 2.06. The molecular weight excluding hydrogens is 206 g/mol. The minimum Gasteiger partial charge on any atom is -0.494 e. The van der Waals surface area contributed by atoms with E-state index in [1.54, 1.807) is 24.3 Å². The molecule has 0 bridgehead atoms. The number of carbonyl (C=O) groups excluding carboxylic acids is 1. The quantitative estimate of drug-likeness (QED) is 0.787. The summed E-state index contributed by atoms with van der Waals surface area (Å²) in [5, 5.41) is 6.17. The standard InChI is InChI=1S/C11H11N3O2/c1-2-16-9-5-3-8(4-6-9)10(15)11-12-7-13-14-11/h3-7H,2H2,1H3,(H,12,13,14). The Balaban J connectivity index is 2.19. The van der Waals surface area contributed by atoms with Crippen LogP contribution in [0.1, 0.15) is 23.1 Å². The highest BCUT2D eigenvalue weighted by Crippen LogP contribution is 2.13. The largest absolute Gasteiger partial charge is 0.494 e. The second-order valence-corrected chi connectivity index (χ2v) is 3.12. The number of aromatic nitrogens is 3. The van der Waals surface area contributed by atoms with Crippen molar-refractivity contribution in [2.75, 3.05) is 6.61 Å². The maximum Gasteiger partial charge on any atom is 0.229 e. The van der Waals surface area contributed by atoms with E-state index >= 15 is 0 Å². The van der Waals surface area contributed by atoms with Crippen LogP contribution in [0.3, 0.4) is 0 Å². The molecule has 16 heavy (non-hydrogen) atoms. The predicted molar refractivity (Wildman–Crippen MR) is 57.4 cm³/mol. The van der Waals surface area contributed by atoms with Gasteiger partial charge in [-0.15, -0.1) is 0 Å². The fraction of sp³-hybridized carbons (Fsp3) is 0.182. The monoisotopic (exact) mass is 217 g/mol. The van der Waals surface area contributed by atoms with Crippen molar-refractivity contribution < 1.29 is 9.53 Å². The van der Waals surface area contributed by atoms with Crippen LogP contribution >= 0.6 is 0 Å². The third kappa shape index (κ3) is 2.08. The molecule has 5 nitrogen and oxygen atoms in total. The van der Waals surface area contributed by atoms with Gasteiger partial charge >= 0.3 is 0 Å². The maximum absolute atomic E-state index is 11.8. The van der Waals surface area contributed by atoms with Gasteiger partial charge in [-0.25, -0.2) is 4.98 Å². The Morgan fingerprint density at radius 1 is 1.38 bits per heavy atom. The maximum atomic E-state index is 11.8. The van der Waals surface area contributed by atoms with Gasteiger partial charge in [0.1, 0.15) is 12.1 Å². The third-order valence-corrected chi connectivity index (χ3v) is 2.06. The lowest BCUT2D eigenvalue weighted by molar-refractivity contribution is 0.103. The molecule has 1 aromatic heterocycles. The smallest absolute Gasteiger partial charge is 0.229 e. The van der Waals surface area contributed by atoms with Crippen LogP contribution in [0.2, 0.25) is 0 Å². The molecule has 0 fully saturated rings. The Bertz CT molecular complexity index is 462. The number of H-pyrrole nitrogens is 1. The molecule has 0 unspecified atom stereocenters. The van der Waals surface area contributed by atoms with Crippen molar-refractivity contribution in [1.29, 1.82) is 0 Å². The van der Waals surface area contributed by atoms with E-state index in [1.165, 1.54) is 6.33 Å². The van der Waals surface area contributed by atoms with Crippen LogP contribution in [0.25, 0.3) is 0 Å². The Morgan fingerprint density at radius 3 is 2.69 bits per heavy atom. The molecule has 0 aliphatic rings. The molecule has 0 aliphatic heterocycles. The van der Waals surface area contributed by atoms with Gasteiger partial charge in [-0.05, 0) is 31.2 Å². The number of benzene rings is 1. The summed E-state index contributed by atoms with van der Waals surface area (Å²) < 4.78 is 5.28. The summed E-state index contributed by atoms with van der Waals surface area (Å²) in [7, 11) is 0.